The molecule has 1 aromatic heterocycles. The molecule has 0 unspecified atom stereocenters. The third kappa shape index (κ3) is 2.08. The second kappa shape index (κ2) is 4.02. The third-order valence-corrected chi connectivity index (χ3v) is 5.07. The van der Waals surface area contributed by atoms with E-state index in [0.717, 1.165) is 0 Å². The van der Waals surface area contributed by atoms with Gasteiger partial charge in [0.15, 0.2) is 0 Å². The molecule has 72 valence electrons. The monoisotopic (exact) mass is 334 g/mol. The van der Waals surface area contributed by atoms with E-state index in [-0.39, 0.29) is 18.7 Å². The number of aromatic carboxylic acids is 1. The zero-order valence-electron chi connectivity index (χ0n) is 5.85. The highest BCUT2D eigenvalue weighted by molar-refractivity contribution is 9.13. The first kappa shape index (κ1) is 11.1. The number of carbonyl (C=O) groups is 1. The number of halogens is 4. The van der Waals surface area contributed by atoms with Crippen molar-refractivity contribution < 1.29 is 18.7 Å². The fourth-order valence-corrected chi connectivity index (χ4v) is 2.97. The highest BCUT2D eigenvalue weighted by Gasteiger charge is 2.23. The topological polar surface area (TPSA) is 37.3 Å². The van der Waals surface area contributed by atoms with Gasteiger partial charge >= 0.3 is 5.97 Å². The van der Waals surface area contributed by atoms with Gasteiger partial charge < -0.3 is 5.11 Å². The Morgan fingerprint density at radius 2 is 1.92 bits per heavy atom. The number of alkyl halides is 2. The van der Waals surface area contributed by atoms with Crippen LogP contribution in [0, 0.1) is 0 Å². The summed E-state index contributed by atoms with van der Waals surface area (Å²) in [5, 5.41) is 8.60. The molecule has 0 atom stereocenters. The summed E-state index contributed by atoms with van der Waals surface area (Å²) in [6.45, 7) is 0. The molecular weight excluding hydrogens is 334 g/mol. The van der Waals surface area contributed by atoms with Gasteiger partial charge in [0, 0.05) is 0 Å². The van der Waals surface area contributed by atoms with E-state index in [4.69, 9.17) is 5.11 Å². The highest BCUT2D eigenvalue weighted by Crippen LogP contribution is 2.42. The van der Waals surface area contributed by atoms with Gasteiger partial charge in [0.05, 0.1) is 13.8 Å². The minimum Gasteiger partial charge on any atom is -0.477 e. The molecular formula is C6H2Br2F2O2S. The van der Waals surface area contributed by atoms with Crippen LogP contribution in [0.4, 0.5) is 8.78 Å². The van der Waals surface area contributed by atoms with Gasteiger partial charge in [0.1, 0.15) is 4.88 Å². The number of hydrogen-bond acceptors (Lipinski definition) is 2. The lowest BCUT2D eigenvalue weighted by Gasteiger charge is -1.92. The molecule has 0 aliphatic rings. The summed E-state index contributed by atoms with van der Waals surface area (Å²) in [5.41, 5.74) is 0. The normalized spacial score (nSPS) is 10.8. The van der Waals surface area contributed by atoms with Gasteiger partial charge in [-0.2, -0.15) is 0 Å². The van der Waals surface area contributed by atoms with Crippen molar-refractivity contribution in [2.75, 3.05) is 0 Å². The van der Waals surface area contributed by atoms with Gasteiger partial charge in [-0.25, -0.2) is 13.6 Å². The van der Waals surface area contributed by atoms with Crippen LogP contribution in [0.25, 0.3) is 0 Å². The minimum atomic E-state index is -2.66. The number of carboxylic acids is 1. The lowest BCUT2D eigenvalue weighted by atomic mass is 10.4. The highest BCUT2D eigenvalue weighted by atomic mass is 79.9. The van der Waals surface area contributed by atoms with Crippen LogP contribution in [0.15, 0.2) is 8.95 Å². The Hall–Kier alpha value is -0.0100. The van der Waals surface area contributed by atoms with E-state index in [1.807, 2.05) is 0 Å². The average Bonchev–Trinajstić information content (AvgIpc) is 2.29. The molecule has 1 aromatic rings. The lowest BCUT2D eigenvalue weighted by Crippen LogP contribution is -1.91. The van der Waals surface area contributed by atoms with Crippen LogP contribution in [0.2, 0.25) is 0 Å². The molecule has 1 heterocycles. The van der Waals surface area contributed by atoms with Gasteiger partial charge in [-0.3, -0.25) is 0 Å². The molecule has 0 saturated carbocycles. The predicted molar refractivity (Wildman–Crippen MR) is 51.6 cm³/mol. The fourth-order valence-electron chi connectivity index (χ4n) is 0.685. The van der Waals surface area contributed by atoms with E-state index in [2.05, 4.69) is 31.9 Å². The third-order valence-electron chi connectivity index (χ3n) is 1.21. The smallest absolute Gasteiger partial charge is 0.347 e. The van der Waals surface area contributed by atoms with Crippen LogP contribution in [0.1, 0.15) is 21.0 Å². The van der Waals surface area contributed by atoms with E-state index in [1.165, 1.54) is 0 Å². The maximum Gasteiger partial charge on any atom is 0.347 e. The van der Waals surface area contributed by atoms with Gasteiger partial charge in [-0.1, -0.05) is 0 Å². The van der Waals surface area contributed by atoms with Crippen molar-refractivity contribution in [3.05, 3.63) is 18.7 Å². The predicted octanol–water partition coefficient (Wildman–Crippen LogP) is 3.91. The SMILES string of the molecule is O=C(O)c1sc(C(F)F)c(Br)c1Br. The van der Waals surface area contributed by atoms with Crippen LogP contribution in [-0.4, -0.2) is 11.1 Å². The van der Waals surface area contributed by atoms with Crippen LogP contribution >= 0.6 is 43.2 Å². The van der Waals surface area contributed by atoms with Crippen molar-refractivity contribution in [1.82, 2.24) is 0 Å². The Morgan fingerprint density at radius 1 is 1.38 bits per heavy atom. The van der Waals surface area contributed by atoms with Gasteiger partial charge in [0.2, 0.25) is 0 Å². The van der Waals surface area contributed by atoms with Crippen molar-refractivity contribution in [1.29, 1.82) is 0 Å². The molecule has 0 spiro atoms. The number of rotatable bonds is 2. The fraction of sp³-hybridized carbons (Fsp3) is 0.167. The zero-order valence-corrected chi connectivity index (χ0v) is 9.84. The lowest BCUT2D eigenvalue weighted by molar-refractivity contribution is 0.0701. The summed E-state index contributed by atoms with van der Waals surface area (Å²) in [4.78, 5) is 10.1. The van der Waals surface area contributed by atoms with Crippen LogP contribution in [0.3, 0.4) is 0 Å². The Balaban J connectivity index is 3.28. The first-order chi connectivity index (χ1) is 5.95. The molecule has 0 radical (unpaired) electrons. The second-order valence-corrected chi connectivity index (χ2v) is 4.67. The number of thiophene rings is 1. The van der Waals surface area contributed by atoms with Gasteiger partial charge in [-0.15, -0.1) is 11.3 Å². The molecule has 0 saturated heterocycles. The van der Waals surface area contributed by atoms with Gasteiger partial charge in [0.25, 0.3) is 6.43 Å². The molecule has 1 rings (SSSR count). The van der Waals surface area contributed by atoms with Gasteiger partial charge in [-0.05, 0) is 31.9 Å². The van der Waals surface area contributed by atoms with E-state index >= 15 is 0 Å². The van der Waals surface area contributed by atoms with Crippen molar-refractivity contribution in [2.24, 2.45) is 0 Å². The summed E-state index contributed by atoms with van der Waals surface area (Å²) in [6.07, 6.45) is -2.66. The van der Waals surface area contributed by atoms with E-state index < -0.39 is 12.4 Å². The van der Waals surface area contributed by atoms with Crippen molar-refractivity contribution >= 4 is 49.2 Å². The zero-order chi connectivity index (χ0) is 10.2. The molecule has 2 nitrogen and oxygen atoms in total. The molecule has 0 aliphatic carbocycles. The van der Waals surface area contributed by atoms with Crippen molar-refractivity contribution in [2.45, 2.75) is 6.43 Å². The Labute approximate surface area is 92.8 Å². The van der Waals surface area contributed by atoms with E-state index in [0.29, 0.717) is 11.3 Å². The van der Waals surface area contributed by atoms with E-state index in [9.17, 15) is 13.6 Å². The maximum absolute atomic E-state index is 12.3. The van der Waals surface area contributed by atoms with Crippen molar-refractivity contribution in [3.63, 3.8) is 0 Å². The minimum absolute atomic E-state index is 0.116. The average molecular weight is 336 g/mol. The number of hydrogen-bond donors (Lipinski definition) is 1. The van der Waals surface area contributed by atoms with Crippen LogP contribution < -0.4 is 0 Å². The summed E-state index contributed by atoms with van der Waals surface area (Å²) >= 11 is 6.37. The van der Waals surface area contributed by atoms with Crippen molar-refractivity contribution in [3.8, 4) is 0 Å². The summed E-state index contributed by atoms with van der Waals surface area (Å²) < 4.78 is 24.8. The summed E-state index contributed by atoms with van der Waals surface area (Å²) in [5.74, 6) is -1.22. The molecule has 0 aromatic carbocycles. The second-order valence-electron chi connectivity index (χ2n) is 2.03. The Morgan fingerprint density at radius 3 is 2.15 bits per heavy atom. The van der Waals surface area contributed by atoms with E-state index in [1.54, 1.807) is 0 Å². The largest absolute Gasteiger partial charge is 0.477 e. The summed E-state index contributed by atoms with van der Waals surface area (Å²) in [7, 11) is 0. The molecule has 0 aliphatic heterocycles. The summed E-state index contributed by atoms with van der Waals surface area (Å²) in [6, 6.07) is 0. The first-order valence-electron chi connectivity index (χ1n) is 2.94. The first-order valence-corrected chi connectivity index (χ1v) is 5.34. The number of carboxylic acid groups (broad SMARTS) is 1. The Bertz CT molecular complexity index is 351. The van der Waals surface area contributed by atoms with Crippen LogP contribution in [-0.2, 0) is 0 Å². The Kier molecular flexibility index (Phi) is 3.42. The quantitative estimate of drug-likeness (QED) is 0.889. The standard InChI is InChI=1S/C6H2Br2F2O2S/c7-1-2(8)4(6(11)12)13-3(1)5(9)10/h5H,(H,11,12). The molecule has 0 bridgehead atoms. The van der Waals surface area contributed by atoms with Crippen LogP contribution in [0.5, 0.6) is 0 Å². The molecule has 0 fully saturated rings. The molecule has 1 N–H and O–H groups in total. The molecule has 7 heteroatoms. The maximum atomic E-state index is 12.3. The molecule has 0 amide bonds. The molecule has 13 heavy (non-hydrogen) atoms.